The first-order chi connectivity index (χ1) is 14.1. The van der Waals surface area contributed by atoms with Crippen LogP contribution in [0.1, 0.15) is 0 Å². The van der Waals surface area contributed by atoms with Crippen molar-refractivity contribution in [2.45, 2.75) is 5.22 Å². The molecule has 0 aliphatic carbocycles. The monoisotopic (exact) mass is 446 g/mol. The van der Waals surface area contributed by atoms with Gasteiger partial charge in [-0.25, -0.2) is 9.37 Å². The number of carbonyl (C=O) groups is 1. The molecule has 0 saturated carbocycles. The molecule has 1 N–H and O–H groups in total. The van der Waals surface area contributed by atoms with Crippen LogP contribution in [-0.4, -0.2) is 26.8 Å². The van der Waals surface area contributed by atoms with Gasteiger partial charge in [0.05, 0.1) is 22.0 Å². The van der Waals surface area contributed by atoms with E-state index in [1.807, 2.05) is 12.1 Å². The lowest BCUT2D eigenvalue weighted by Crippen LogP contribution is -2.13. The van der Waals surface area contributed by atoms with Crippen molar-refractivity contribution in [3.63, 3.8) is 0 Å². The van der Waals surface area contributed by atoms with Crippen LogP contribution in [0.5, 0.6) is 0 Å². The minimum atomic E-state index is -0.312. The largest absolute Gasteiger partial charge is 0.411 e. The average Bonchev–Trinajstić information content (AvgIpc) is 3.37. The molecule has 2 aromatic carbocycles. The molecule has 4 rings (SSSR count). The van der Waals surface area contributed by atoms with E-state index in [9.17, 15) is 9.18 Å². The smallest absolute Gasteiger partial charge is 0.277 e. The first-order valence-corrected chi connectivity index (χ1v) is 10.6. The average molecular weight is 447 g/mol. The molecule has 6 nitrogen and oxygen atoms in total. The molecule has 0 unspecified atom stereocenters. The SMILES string of the molecule is O=C(CSc1nnc(-c2ccccc2Cl)o1)Nc1nc(-c2ccc(F)cc2)cs1. The standard InChI is InChI=1S/C19H12ClFN4O2S2/c20-14-4-2-1-3-13(14)17-24-25-19(27-17)29-10-16(26)23-18-22-15(9-28-18)11-5-7-12(21)8-6-11/h1-9H,10H2,(H,22,23,26). The molecule has 0 saturated heterocycles. The fourth-order valence-corrected chi connectivity index (χ4v) is 3.89. The minimum absolute atomic E-state index is 0.0790. The van der Waals surface area contributed by atoms with Crippen molar-refractivity contribution in [1.29, 1.82) is 0 Å². The van der Waals surface area contributed by atoms with Crippen LogP contribution in [0.15, 0.2) is 63.6 Å². The fraction of sp³-hybridized carbons (Fsp3) is 0.0526. The predicted molar refractivity (Wildman–Crippen MR) is 112 cm³/mol. The molecule has 0 fully saturated rings. The molecule has 0 radical (unpaired) electrons. The Labute approximate surface area is 178 Å². The number of amides is 1. The lowest BCUT2D eigenvalue weighted by atomic mass is 10.2. The summed E-state index contributed by atoms with van der Waals surface area (Å²) in [6, 6.07) is 13.1. The van der Waals surface area contributed by atoms with Gasteiger partial charge in [0, 0.05) is 10.9 Å². The summed E-state index contributed by atoms with van der Waals surface area (Å²) in [6.45, 7) is 0. The summed E-state index contributed by atoms with van der Waals surface area (Å²) in [5.41, 5.74) is 2.07. The molecule has 0 bridgehead atoms. The Balaban J connectivity index is 1.34. The Morgan fingerprint density at radius 3 is 2.76 bits per heavy atom. The van der Waals surface area contributed by atoms with E-state index in [1.54, 1.807) is 29.6 Å². The third-order valence-corrected chi connectivity index (χ3v) is 5.63. The summed E-state index contributed by atoms with van der Waals surface area (Å²) >= 11 is 8.52. The maximum absolute atomic E-state index is 13.0. The highest BCUT2D eigenvalue weighted by atomic mass is 35.5. The Bertz CT molecular complexity index is 1150. The first-order valence-electron chi connectivity index (χ1n) is 8.31. The summed E-state index contributed by atoms with van der Waals surface area (Å²) in [5, 5.41) is 13.6. The number of carbonyl (C=O) groups excluding carboxylic acids is 1. The van der Waals surface area contributed by atoms with Crippen LogP contribution in [0, 0.1) is 5.82 Å². The van der Waals surface area contributed by atoms with Crippen LogP contribution in [0.4, 0.5) is 9.52 Å². The van der Waals surface area contributed by atoms with Crippen LogP contribution in [0.2, 0.25) is 5.02 Å². The van der Waals surface area contributed by atoms with E-state index in [0.717, 1.165) is 17.3 Å². The maximum Gasteiger partial charge on any atom is 0.277 e. The first kappa shape index (κ1) is 19.6. The summed E-state index contributed by atoms with van der Waals surface area (Å²) < 4.78 is 18.6. The topological polar surface area (TPSA) is 80.9 Å². The number of hydrogen-bond donors (Lipinski definition) is 1. The van der Waals surface area contributed by atoms with Gasteiger partial charge in [-0.15, -0.1) is 21.5 Å². The summed E-state index contributed by atoms with van der Waals surface area (Å²) in [4.78, 5) is 16.5. The van der Waals surface area contributed by atoms with Crippen LogP contribution in [0.25, 0.3) is 22.7 Å². The zero-order chi connectivity index (χ0) is 20.2. The molecule has 2 heterocycles. The highest BCUT2D eigenvalue weighted by Crippen LogP contribution is 2.29. The quantitative estimate of drug-likeness (QED) is 0.400. The van der Waals surface area contributed by atoms with Gasteiger partial charge in [0.15, 0.2) is 5.13 Å². The number of rotatable bonds is 6. The molecular weight excluding hydrogens is 435 g/mol. The van der Waals surface area contributed by atoms with E-state index in [0.29, 0.717) is 27.3 Å². The van der Waals surface area contributed by atoms with Gasteiger partial charge in [0.25, 0.3) is 5.22 Å². The number of benzene rings is 2. The highest BCUT2D eigenvalue weighted by Gasteiger charge is 2.14. The lowest BCUT2D eigenvalue weighted by molar-refractivity contribution is -0.113. The second kappa shape index (κ2) is 8.73. The number of hydrogen-bond acceptors (Lipinski definition) is 7. The van der Waals surface area contributed by atoms with Crippen LogP contribution >= 0.6 is 34.7 Å². The van der Waals surface area contributed by atoms with E-state index in [4.69, 9.17) is 16.0 Å². The molecule has 10 heteroatoms. The van der Waals surface area contributed by atoms with E-state index in [1.165, 1.54) is 23.5 Å². The van der Waals surface area contributed by atoms with Crippen molar-refractivity contribution in [2.75, 3.05) is 11.1 Å². The molecule has 29 heavy (non-hydrogen) atoms. The number of anilines is 1. The van der Waals surface area contributed by atoms with Crippen LogP contribution < -0.4 is 5.32 Å². The van der Waals surface area contributed by atoms with E-state index < -0.39 is 0 Å². The molecule has 146 valence electrons. The van der Waals surface area contributed by atoms with Crippen molar-refractivity contribution in [1.82, 2.24) is 15.2 Å². The third-order valence-electron chi connectivity index (χ3n) is 3.73. The maximum atomic E-state index is 13.0. The lowest BCUT2D eigenvalue weighted by Gasteiger charge is -2.00. The van der Waals surface area contributed by atoms with Gasteiger partial charge < -0.3 is 9.73 Å². The molecule has 0 aliphatic rings. The summed E-state index contributed by atoms with van der Waals surface area (Å²) in [7, 11) is 0. The Hall–Kier alpha value is -2.75. The Morgan fingerprint density at radius 2 is 1.97 bits per heavy atom. The molecule has 0 spiro atoms. The molecule has 0 atom stereocenters. The van der Waals surface area contributed by atoms with E-state index in [-0.39, 0.29) is 22.7 Å². The van der Waals surface area contributed by atoms with Crippen molar-refractivity contribution >= 4 is 45.7 Å². The minimum Gasteiger partial charge on any atom is -0.411 e. The zero-order valence-corrected chi connectivity index (χ0v) is 17.0. The number of halogens is 2. The van der Waals surface area contributed by atoms with Gasteiger partial charge in [-0.1, -0.05) is 35.5 Å². The number of thioether (sulfide) groups is 1. The Kier molecular flexibility index (Phi) is 5.89. The van der Waals surface area contributed by atoms with E-state index >= 15 is 0 Å². The Morgan fingerprint density at radius 1 is 1.17 bits per heavy atom. The molecule has 0 aliphatic heterocycles. The van der Waals surface area contributed by atoms with Crippen LogP contribution in [0.3, 0.4) is 0 Å². The van der Waals surface area contributed by atoms with Crippen molar-refractivity contribution < 1.29 is 13.6 Å². The molecule has 1 amide bonds. The van der Waals surface area contributed by atoms with Crippen molar-refractivity contribution in [3.05, 3.63) is 64.8 Å². The number of aromatic nitrogens is 3. The summed E-state index contributed by atoms with van der Waals surface area (Å²) in [6.07, 6.45) is 0. The predicted octanol–water partition coefficient (Wildman–Crippen LogP) is 5.38. The van der Waals surface area contributed by atoms with Gasteiger partial charge in [0.1, 0.15) is 5.82 Å². The molecular formula is C19H12ClFN4O2S2. The zero-order valence-electron chi connectivity index (χ0n) is 14.6. The number of nitrogens with zero attached hydrogens (tertiary/aromatic N) is 3. The van der Waals surface area contributed by atoms with Crippen molar-refractivity contribution in [2.24, 2.45) is 0 Å². The van der Waals surface area contributed by atoms with Gasteiger partial charge in [0.2, 0.25) is 11.8 Å². The number of nitrogens with one attached hydrogen (secondary N) is 1. The summed E-state index contributed by atoms with van der Waals surface area (Å²) in [5.74, 6) is -0.196. The second-order valence-corrected chi connectivity index (χ2v) is 7.93. The normalized spacial score (nSPS) is 10.8. The van der Waals surface area contributed by atoms with Crippen LogP contribution in [-0.2, 0) is 4.79 Å². The second-order valence-electron chi connectivity index (χ2n) is 5.73. The third kappa shape index (κ3) is 4.81. The van der Waals surface area contributed by atoms with Gasteiger partial charge in [-0.3, -0.25) is 4.79 Å². The van der Waals surface area contributed by atoms with Gasteiger partial charge in [-0.05, 0) is 36.4 Å². The molecule has 4 aromatic rings. The molecule has 2 aromatic heterocycles. The van der Waals surface area contributed by atoms with Crippen molar-refractivity contribution in [3.8, 4) is 22.7 Å². The number of thiazole rings is 1. The van der Waals surface area contributed by atoms with Gasteiger partial charge >= 0.3 is 0 Å². The van der Waals surface area contributed by atoms with E-state index in [2.05, 4.69) is 20.5 Å². The fourth-order valence-electron chi connectivity index (χ4n) is 2.38. The highest BCUT2D eigenvalue weighted by molar-refractivity contribution is 7.99. The van der Waals surface area contributed by atoms with Gasteiger partial charge in [-0.2, -0.15) is 0 Å².